The van der Waals surface area contributed by atoms with Crippen molar-refractivity contribution in [3.63, 3.8) is 0 Å². The predicted octanol–water partition coefficient (Wildman–Crippen LogP) is 3.67. The SMILES string of the molecule is CCOc1cc(CN2CC3(CC(N4CCC(C)(C(=O)O)CC4)=NO3)C2)cc(OCC)c1-c1cn(C)nc1C. The van der Waals surface area contributed by atoms with Crippen LogP contribution in [0.5, 0.6) is 11.5 Å². The molecule has 0 radical (unpaired) electrons. The Bertz CT molecular complexity index is 1200. The lowest BCUT2D eigenvalue weighted by Crippen LogP contribution is -2.61. The number of likely N-dealkylation sites (tertiary alicyclic amines) is 2. The van der Waals surface area contributed by atoms with Gasteiger partial charge >= 0.3 is 5.97 Å². The van der Waals surface area contributed by atoms with Gasteiger partial charge in [0.1, 0.15) is 17.3 Å². The second kappa shape index (κ2) is 10.1. The molecule has 5 rings (SSSR count). The van der Waals surface area contributed by atoms with E-state index in [0.29, 0.717) is 39.1 Å². The fraction of sp³-hybridized carbons (Fsp3) is 0.607. The Morgan fingerprint density at radius 3 is 2.29 bits per heavy atom. The van der Waals surface area contributed by atoms with Crippen LogP contribution in [0.25, 0.3) is 11.1 Å². The van der Waals surface area contributed by atoms with E-state index < -0.39 is 11.4 Å². The molecule has 0 saturated carbocycles. The summed E-state index contributed by atoms with van der Waals surface area (Å²) in [7, 11) is 1.92. The Labute approximate surface area is 224 Å². The summed E-state index contributed by atoms with van der Waals surface area (Å²) in [5.74, 6) is 1.85. The molecule has 10 heteroatoms. The molecule has 1 N–H and O–H groups in total. The molecular weight excluding hydrogens is 486 g/mol. The summed E-state index contributed by atoms with van der Waals surface area (Å²) in [4.78, 5) is 22.1. The molecule has 0 bridgehead atoms. The van der Waals surface area contributed by atoms with Crippen LogP contribution in [0.3, 0.4) is 0 Å². The first-order chi connectivity index (χ1) is 18.1. The van der Waals surface area contributed by atoms with Crippen molar-refractivity contribution < 1.29 is 24.2 Å². The van der Waals surface area contributed by atoms with Crippen molar-refractivity contribution in [2.24, 2.45) is 17.6 Å². The van der Waals surface area contributed by atoms with Crippen molar-refractivity contribution in [2.45, 2.75) is 59.1 Å². The van der Waals surface area contributed by atoms with Crippen LogP contribution in [0.1, 0.15) is 51.3 Å². The van der Waals surface area contributed by atoms with Crippen molar-refractivity contribution in [2.75, 3.05) is 39.4 Å². The summed E-state index contributed by atoms with van der Waals surface area (Å²) in [6.07, 6.45) is 4.02. The maximum atomic E-state index is 11.6. The molecule has 3 aliphatic rings. The zero-order chi connectivity index (χ0) is 27.1. The second-order valence-corrected chi connectivity index (χ2v) is 11.1. The van der Waals surface area contributed by atoms with E-state index in [1.807, 2.05) is 45.6 Å². The number of aliphatic carboxylic acids is 1. The molecule has 3 aliphatic heterocycles. The monoisotopic (exact) mass is 525 g/mol. The van der Waals surface area contributed by atoms with Gasteiger partial charge in [-0.05, 0) is 58.2 Å². The molecule has 1 aromatic carbocycles. The molecule has 2 fully saturated rings. The number of benzene rings is 1. The minimum Gasteiger partial charge on any atom is -0.493 e. The van der Waals surface area contributed by atoms with Crippen molar-refractivity contribution in [1.29, 1.82) is 0 Å². The van der Waals surface area contributed by atoms with Gasteiger partial charge in [-0.1, -0.05) is 5.16 Å². The smallest absolute Gasteiger partial charge is 0.309 e. The van der Waals surface area contributed by atoms with Crippen molar-refractivity contribution in [1.82, 2.24) is 19.6 Å². The topological polar surface area (TPSA) is 102 Å². The lowest BCUT2D eigenvalue weighted by Gasteiger charge is -2.45. The minimum atomic E-state index is -0.712. The fourth-order valence-corrected chi connectivity index (χ4v) is 5.84. The van der Waals surface area contributed by atoms with E-state index in [-0.39, 0.29) is 5.60 Å². The number of ether oxygens (including phenoxy) is 2. The normalized spacial score (nSPS) is 20.1. The zero-order valence-electron chi connectivity index (χ0n) is 23.1. The molecule has 0 atom stereocenters. The molecule has 0 amide bonds. The van der Waals surface area contributed by atoms with Gasteiger partial charge in [-0.25, -0.2) is 0 Å². The molecule has 1 spiro atoms. The van der Waals surface area contributed by atoms with Gasteiger partial charge in [0.2, 0.25) is 0 Å². The van der Waals surface area contributed by atoms with Gasteiger partial charge < -0.3 is 24.3 Å². The molecule has 0 aliphatic carbocycles. The maximum Gasteiger partial charge on any atom is 0.309 e. The first kappa shape index (κ1) is 26.3. The van der Waals surface area contributed by atoms with Gasteiger partial charge in [-0.15, -0.1) is 0 Å². The van der Waals surface area contributed by atoms with Gasteiger partial charge in [-0.2, -0.15) is 5.10 Å². The number of hydrogen-bond donors (Lipinski definition) is 1. The highest BCUT2D eigenvalue weighted by molar-refractivity contribution is 5.85. The third kappa shape index (κ3) is 4.93. The van der Waals surface area contributed by atoms with Gasteiger partial charge in [0.05, 0.1) is 36.3 Å². The van der Waals surface area contributed by atoms with Gasteiger partial charge in [0.25, 0.3) is 0 Å². The molecule has 38 heavy (non-hydrogen) atoms. The molecular formula is C28H39N5O5. The van der Waals surface area contributed by atoms with E-state index in [1.54, 1.807) is 0 Å². The van der Waals surface area contributed by atoms with Crippen LogP contribution in [-0.2, 0) is 23.2 Å². The number of carboxylic acid groups (broad SMARTS) is 1. The van der Waals surface area contributed by atoms with Crippen LogP contribution in [0.15, 0.2) is 23.5 Å². The minimum absolute atomic E-state index is 0.291. The van der Waals surface area contributed by atoms with Crippen LogP contribution < -0.4 is 9.47 Å². The summed E-state index contributed by atoms with van der Waals surface area (Å²) in [6, 6.07) is 4.23. The van der Waals surface area contributed by atoms with Crippen LogP contribution in [0, 0.1) is 12.3 Å². The van der Waals surface area contributed by atoms with Crippen LogP contribution in [0.2, 0.25) is 0 Å². The average Bonchev–Trinajstić information content (AvgIpc) is 3.43. The summed E-state index contributed by atoms with van der Waals surface area (Å²) < 4.78 is 14.0. The van der Waals surface area contributed by atoms with Crippen molar-refractivity contribution in [3.8, 4) is 22.6 Å². The molecule has 4 heterocycles. The molecule has 10 nitrogen and oxygen atoms in total. The van der Waals surface area contributed by atoms with E-state index >= 15 is 0 Å². The van der Waals surface area contributed by atoms with Crippen LogP contribution in [0.4, 0.5) is 0 Å². The fourth-order valence-electron chi connectivity index (χ4n) is 5.84. The molecule has 2 aromatic rings. The van der Waals surface area contributed by atoms with E-state index in [4.69, 9.17) is 14.3 Å². The lowest BCUT2D eigenvalue weighted by molar-refractivity contribution is -0.150. The molecule has 0 unspecified atom stereocenters. The third-order valence-electron chi connectivity index (χ3n) is 8.01. The number of aryl methyl sites for hydroxylation is 2. The number of rotatable bonds is 8. The third-order valence-corrected chi connectivity index (χ3v) is 8.01. The quantitative estimate of drug-likeness (QED) is 0.557. The zero-order valence-corrected chi connectivity index (χ0v) is 23.1. The summed E-state index contributed by atoms with van der Waals surface area (Å²) in [6.45, 7) is 12.7. The summed E-state index contributed by atoms with van der Waals surface area (Å²) in [5, 5.41) is 18.5. The number of aromatic nitrogens is 2. The Morgan fingerprint density at radius 1 is 1.13 bits per heavy atom. The molecule has 206 valence electrons. The Balaban J connectivity index is 1.25. The lowest BCUT2D eigenvalue weighted by atomic mass is 9.80. The van der Waals surface area contributed by atoms with E-state index in [0.717, 1.165) is 65.8 Å². The predicted molar refractivity (Wildman–Crippen MR) is 143 cm³/mol. The standard InChI is InChI=1S/C28H39N5O5/c1-6-36-22-12-20(13-23(37-7-2)25(22)21-16-31(5)29-19(21)3)15-32-17-28(18-32)14-24(30-38-28)33-10-8-27(4,9-11-33)26(34)35/h12-13,16H,6-11,14-15,17-18H2,1-5H3,(H,34,35). The average molecular weight is 526 g/mol. The van der Waals surface area contributed by atoms with Crippen LogP contribution >= 0.6 is 0 Å². The number of oxime groups is 1. The van der Waals surface area contributed by atoms with Crippen molar-refractivity contribution in [3.05, 3.63) is 29.6 Å². The number of hydrogen-bond acceptors (Lipinski definition) is 8. The van der Waals surface area contributed by atoms with E-state index in [1.165, 1.54) is 0 Å². The highest BCUT2D eigenvalue weighted by atomic mass is 16.7. The van der Waals surface area contributed by atoms with Crippen molar-refractivity contribution >= 4 is 11.8 Å². The highest BCUT2D eigenvalue weighted by Crippen LogP contribution is 2.43. The Kier molecular flexibility index (Phi) is 7.02. The number of amidine groups is 1. The Morgan fingerprint density at radius 2 is 1.76 bits per heavy atom. The molecule has 1 aromatic heterocycles. The number of piperidine rings is 1. The first-order valence-corrected chi connectivity index (χ1v) is 13.5. The van der Waals surface area contributed by atoms with Gasteiger partial charge in [0, 0.05) is 51.5 Å². The second-order valence-electron chi connectivity index (χ2n) is 11.1. The summed E-state index contributed by atoms with van der Waals surface area (Å²) >= 11 is 0. The van der Waals surface area contributed by atoms with Gasteiger partial charge in [0.15, 0.2) is 5.60 Å². The Hall–Kier alpha value is -3.27. The largest absolute Gasteiger partial charge is 0.493 e. The molecule has 2 saturated heterocycles. The highest BCUT2D eigenvalue weighted by Gasteiger charge is 2.51. The van der Waals surface area contributed by atoms with Crippen LogP contribution in [-0.4, -0.2) is 81.5 Å². The number of nitrogens with zero attached hydrogens (tertiary/aromatic N) is 5. The van der Waals surface area contributed by atoms with Gasteiger partial charge in [-0.3, -0.25) is 14.4 Å². The summed E-state index contributed by atoms with van der Waals surface area (Å²) in [5.41, 5.74) is 3.08. The number of carboxylic acids is 1. The first-order valence-electron chi connectivity index (χ1n) is 13.5. The van der Waals surface area contributed by atoms with E-state index in [2.05, 4.69) is 32.2 Å². The maximum absolute atomic E-state index is 11.6. The van der Waals surface area contributed by atoms with E-state index in [9.17, 15) is 9.90 Å². The number of carbonyl (C=O) groups is 1.